The van der Waals surface area contributed by atoms with E-state index in [2.05, 4.69) is 22.5 Å². The van der Waals surface area contributed by atoms with Crippen LogP contribution in [0.3, 0.4) is 0 Å². The summed E-state index contributed by atoms with van der Waals surface area (Å²) in [7, 11) is 0. The van der Waals surface area contributed by atoms with Crippen LogP contribution in [0, 0.1) is 0 Å². The smallest absolute Gasteiger partial charge is 0.231 e. The van der Waals surface area contributed by atoms with Gasteiger partial charge in [0.1, 0.15) is 0 Å². The molecule has 0 N–H and O–H groups in total. The summed E-state index contributed by atoms with van der Waals surface area (Å²) < 4.78 is 11.5. The second kappa shape index (κ2) is 3.42. The number of halogens is 1. The van der Waals surface area contributed by atoms with E-state index in [0.29, 0.717) is 6.79 Å². The Labute approximate surface area is 85.3 Å². The highest BCUT2D eigenvalue weighted by molar-refractivity contribution is 9.10. The monoisotopic (exact) mass is 240 g/mol. The van der Waals surface area contributed by atoms with Gasteiger partial charge in [-0.05, 0) is 24.1 Å². The molecule has 2 nitrogen and oxygen atoms in total. The van der Waals surface area contributed by atoms with Crippen molar-refractivity contribution in [2.24, 2.45) is 0 Å². The summed E-state index contributed by atoms with van der Waals surface area (Å²) in [5.74, 6) is 1.62. The molecule has 0 bridgehead atoms. The molecule has 13 heavy (non-hydrogen) atoms. The lowest BCUT2D eigenvalue weighted by atomic mass is 10.1. The SMILES string of the molecule is C=CCc1cc2c(cc1Br)OCO2. The fourth-order valence-corrected chi connectivity index (χ4v) is 1.76. The first-order chi connectivity index (χ1) is 6.31. The maximum Gasteiger partial charge on any atom is 0.231 e. The number of benzene rings is 1. The molecule has 0 aliphatic carbocycles. The van der Waals surface area contributed by atoms with Gasteiger partial charge in [-0.15, -0.1) is 6.58 Å². The molecule has 1 heterocycles. The van der Waals surface area contributed by atoms with Crippen molar-refractivity contribution >= 4 is 15.9 Å². The van der Waals surface area contributed by atoms with Crippen LogP contribution in [0.1, 0.15) is 5.56 Å². The van der Waals surface area contributed by atoms with Gasteiger partial charge in [-0.1, -0.05) is 22.0 Å². The zero-order valence-corrected chi connectivity index (χ0v) is 8.63. The predicted octanol–water partition coefficient (Wildman–Crippen LogP) is 2.91. The maximum atomic E-state index is 5.26. The molecule has 1 aliphatic heterocycles. The van der Waals surface area contributed by atoms with Crippen molar-refractivity contribution < 1.29 is 9.47 Å². The molecule has 1 aliphatic rings. The molecule has 0 unspecified atom stereocenters. The quantitative estimate of drug-likeness (QED) is 0.741. The Morgan fingerprint density at radius 3 is 2.77 bits per heavy atom. The minimum atomic E-state index is 0.319. The molecular weight excluding hydrogens is 232 g/mol. The van der Waals surface area contributed by atoms with E-state index in [1.54, 1.807) is 0 Å². The van der Waals surface area contributed by atoms with E-state index in [9.17, 15) is 0 Å². The van der Waals surface area contributed by atoms with Crippen molar-refractivity contribution in [1.82, 2.24) is 0 Å². The van der Waals surface area contributed by atoms with Gasteiger partial charge in [0, 0.05) is 4.47 Å². The van der Waals surface area contributed by atoms with E-state index < -0.39 is 0 Å². The number of allylic oxidation sites excluding steroid dienone is 1. The molecule has 0 aromatic heterocycles. The van der Waals surface area contributed by atoms with Crippen LogP contribution in [0.15, 0.2) is 29.3 Å². The summed E-state index contributed by atoms with van der Waals surface area (Å²) >= 11 is 3.47. The molecular formula is C10H9BrO2. The standard InChI is InChI=1S/C10H9BrO2/c1-2-3-7-4-9-10(5-8(7)11)13-6-12-9/h2,4-5H,1,3,6H2. The van der Waals surface area contributed by atoms with E-state index in [4.69, 9.17) is 9.47 Å². The second-order valence-electron chi connectivity index (χ2n) is 2.79. The Hall–Kier alpha value is -0.960. The molecule has 1 aromatic carbocycles. The largest absolute Gasteiger partial charge is 0.454 e. The van der Waals surface area contributed by atoms with Crippen molar-refractivity contribution in [3.8, 4) is 11.5 Å². The number of fused-ring (bicyclic) bond motifs is 1. The minimum absolute atomic E-state index is 0.319. The number of hydrogen-bond donors (Lipinski definition) is 0. The summed E-state index contributed by atoms with van der Waals surface area (Å²) in [6.07, 6.45) is 2.69. The molecule has 68 valence electrons. The minimum Gasteiger partial charge on any atom is -0.454 e. The van der Waals surface area contributed by atoms with E-state index >= 15 is 0 Å². The van der Waals surface area contributed by atoms with E-state index in [1.807, 2.05) is 18.2 Å². The fourth-order valence-electron chi connectivity index (χ4n) is 1.27. The molecule has 0 saturated heterocycles. The highest BCUT2D eigenvalue weighted by Crippen LogP contribution is 2.37. The van der Waals surface area contributed by atoms with Gasteiger partial charge in [-0.2, -0.15) is 0 Å². The van der Waals surface area contributed by atoms with Crippen LogP contribution >= 0.6 is 15.9 Å². The fraction of sp³-hybridized carbons (Fsp3) is 0.200. The average molecular weight is 241 g/mol. The van der Waals surface area contributed by atoms with Gasteiger partial charge in [0.2, 0.25) is 6.79 Å². The molecule has 0 atom stereocenters. The molecule has 1 aromatic rings. The topological polar surface area (TPSA) is 18.5 Å². The van der Waals surface area contributed by atoms with Crippen molar-refractivity contribution in [2.45, 2.75) is 6.42 Å². The molecule has 0 spiro atoms. The lowest BCUT2D eigenvalue weighted by Gasteiger charge is -2.02. The lowest BCUT2D eigenvalue weighted by Crippen LogP contribution is -1.92. The highest BCUT2D eigenvalue weighted by Gasteiger charge is 2.15. The van der Waals surface area contributed by atoms with E-state index in [1.165, 1.54) is 5.56 Å². The zero-order chi connectivity index (χ0) is 9.26. The predicted molar refractivity (Wildman–Crippen MR) is 54.2 cm³/mol. The van der Waals surface area contributed by atoms with Crippen molar-refractivity contribution in [3.63, 3.8) is 0 Å². The van der Waals surface area contributed by atoms with Gasteiger partial charge in [0.25, 0.3) is 0 Å². The first-order valence-electron chi connectivity index (χ1n) is 4.00. The maximum absolute atomic E-state index is 5.26. The summed E-state index contributed by atoms with van der Waals surface area (Å²) in [5.41, 5.74) is 1.17. The summed E-state index contributed by atoms with van der Waals surface area (Å²) in [4.78, 5) is 0. The van der Waals surface area contributed by atoms with E-state index in [-0.39, 0.29) is 0 Å². The first-order valence-corrected chi connectivity index (χ1v) is 4.79. The van der Waals surface area contributed by atoms with E-state index in [0.717, 1.165) is 22.4 Å². The normalized spacial score (nSPS) is 13.0. The van der Waals surface area contributed by atoms with Crippen LogP contribution in [0.25, 0.3) is 0 Å². The van der Waals surface area contributed by atoms with Gasteiger partial charge >= 0.3 is 0 Å². The van der Waals surface area contributed by atoms with Gasteiger partial charge < -0.3 is 9.47 Å². The molecule has 0 radical (unpaired) electrons. The molecule has 0 saturated carbocycles. The number of ether oxygens (including phenoxy) is 2. The van der Waals surface area contributed by atoms with Crippen molar-refractivity contribution in [1.29, 1.82) is 0 Å². The second-order valence-corrected chi connectivity index (χ2v) is 3.64. The Morgan fingerprint density at radius 1 is 1.38 bits per heavy atom. The molecule has 3 heteroatoms. The Morgan fingerprint density at radius 2 is 2.08 bits per heavy atom. The third-order valence-electron chi connectivity index (χ3n) is 1.91. The molecule has 0 fully saturated rings. The first kappa shape index (κ1) is 8.63. The Bertz CT molecular complexity index is 347. The number of rotatable bonds is 2. The lowest BCUT2D eigenvalue weighted by molar-refractivity contribution is 0.174. The van der Waals surface area contributed by atoms with Crippen LogP contribution in [0.2, 0.25) is 0 Å². The zero-order valence-electron chi connectivity index (χ0n) is 7.05. The highest BCUT2D eigenvalue weighted by atomic mass is 79.9. The van der Waals surface area contributed by atoms with Crippen molar-refractivity contribution in [2.75, 3.05) is 6.79 Å². The van der Waals surface area contributed by atoms with Crippen LogP contribution in [-0.2, 0) is 6.42 Å². The Kier molecular flexibility index (Phi) is 2.27. The van der Waals surface area contributed by atoms with Crippen LogP contribution in [0.5, 0.6) is 11.5 Å². The average Bonchev–Trinajstić information content (AvgIpc) is 2.52. The summed E-state index contributed by atoms with van der Waals surface area (Å²) in [6.45, 7) is 4.02. The third-order valence-corrected chi connectivity index (χ3v) is 2.64. The van der Waals surface area contributed by atoms with Crippen LogP contribution in [-0.4, -0.2) is 6.79 Å². The molecule has 2 rings (SSSR count). The molecule has 0 amide bonds. The Balaban J connectivity index is 2.42. The van der Waals surface area contributed by atoms with Crippen LogP contribution < -0.4 is 9.47 Å². The van der Waals surface area contributed by atoms with Crippen LogP contribution in [0.4, 0.5) is 0 Å². The third kappa shape index (κ3) is 1.56. The van der Waals surface area contributed by atoms with Crippen molar-refractivity contribution in [3.05, 3.63) is 34.8 Å². The van der Waals surface area contributed by atoms with Gasteiger partial charge in [0.15, 0.2) is 11.5 Å². The van der Waals surface area contributed by atoms with Gasteiger partial charge in [-0.3, -0.25) is 0 Å². The summed E-state index contributed by atoms with van der Waals surface area (Å²) in [6, 6.07) is 3.91. The van der Waals surface area contributed by atoms with Gasteiger partial charge in [0.05, 0.1) is 0 Å². The number of hydrogen-bond acceptors (Lipinski definition) is 2. The van der Waals surface area contributed by atoms with Gasteiger partial charge in [-0.25, -0.2) is 0 Å². The summed E-state index contributed by atoms with van der Waals surface area (Å²) in [5, 5.41) is 0.